The molecule has 19 heavy (non-hydrogen) atoms. The van der Waals surface area contributed by atoms with Crippen LogP contribution in [0.3, 0.4) is 0 Å². The Morgan fingerprint density at radius 2 is 1.95 bits per heavy atom. The average Bonchev–Trinajstić information content (AvgIpc) is 2.32. The number of nitrogens with one attached hydrogen (secondary N) is 1. The molecule has 0 amide bonds. The summed E-state index contributed by atoms with van der Waals surface area (Å²) in [6, 6.07) is 8.44. The van der Waals surface area contributed by atoms with E-state index in [2.05, 4.69) is 12.2 Å². The van der Waals surface area contributed by atoms with Crippen LogP contribution in [-0.2, 0) is 0 Å². The largest absolute Gasteiger partial charge is 0.476 e. The molecule has 1 aliphatic carbocycles. The second-order valence-corrected chi connectivity index (χ2v) is 5.26. The molecule has 0 spiro atoms. The number of aliphatic hydroxyl groups is 1. The number of benzene rings is 1. The first kappa shape index (κ1) is 16.3. The van der Waals surface area contributed by atoms with Crippen LogP contribution in [0.25, 0.3) is 0 Å². The maximum absolute atomic E-state index is 9.63. The van der Waals surface area contributed by atoms with Gasteiger partial charge in [-0.25, -0.2) is 0 Å². The van der Waals surface area contributed by atoms with Crippen molar-refractivity contribution in [2.24, 2.45) is 0 Å². The van der Waals surface area contributed by atoms with E-state index in [0.29, 0.717) is 6.04 Å². The Morgan fingerprint density at radius 3 is 2.58 bits per heavy atom. The normalized spacial score (nSPS) is 24.4. The average molecular weight is 286 g/mol. The Bertz CT molecular complexity index is 369. The molecule has 1 fully saturated rings. The van der Waals surface area contributed by atoms with Crippen LogP contribution in [-0.4, -0.2) is 23.5 Å². The summed E-state index contributed by atoms with van der Waals surface area (Å²) in [5.41, 5.74) is 1.23. The van der Waals surface area contributed by atoms with E-state index in [9.17, 15) is 5.11 Å². The third-order valence-corrected chi connectivity index (χ3v) is 3.45. The molecule has 0 saturated heterocycles. The monoisotopic (exact) mass is 285 g/mol. The summed E-state index contributed by atoms with van der Waals surface area (Å²) in [6.07, 6.45) is 3.81. The maximum Gasteiger partial charge on any atom is 0.147 e. The van der Waals surface area contributed by atoms with Gasteiger partial charge in [-0.15, -0.1) is 12.4 Å². The molecule has 1 saturated carbocycles. The standard InChI is InChI=1S/C15H23NO2.ClH/c1-11-6-8-15(9-7-11)18-12(2)16-13-4-3-5-14(17)10-13;/h6-9,12-14,16-17H,3-5,10H2,1-2H3;1H. The molecule has 3 atom stereocenters. The topological polar surface area (TPSA) is 41.5 Å². The summed E-state index contributed by atoms with van der Waals surface area (Å²) in [6.45, 7) is 4.08. The lowest BCUT2D eigenvalue weighted by molar-refractivity contribution is 0.0874. The third-order valence-electron chi connectivity index (χ3n) is 3.45. The molecule has 2 N–H and O–H groups in total. The molecule has 0 aliphatic heterocycles. The molecule has 0 radical (unpaired) electrons. The molecule has 108 valence electrons. The van der Waals surface area contributed by atoms with Gasteiger partial charge in [0.15, 0.2) is 0 Å². The van der Waals surface area contributed by atoms with E-state index in [4.69, 9.17) is 4.74 Å². The van der Waals surface area contributed by atoms with E-state index >= 15 is 0 Å². The summed E-state index contributed by atoms with van der Waals surface area (Å²) in [7, 11) is 0. The summed E-state index contributed by atoms with van der Waals surface area (Å²) in [5.74, 6) is 0.886. The number of halogens is 1. The van der Waals surface area contributed by atoms with Crippen molar-refractivity contribution in [2.75, 3.05) is 0 Å². The zero-order valence-electron chi connectivity index (χ0n) is 11.6. The summed E-state index contributed by atoms with van der Waals surface area (Å²) in [4.78, 5) is 0. The van der Waals surface area contributed by atoms with E-state index < -0.39 is 0 Å². The Morgan fingerprint density at radius 1 is 1.26 bits per heavy atom. The van der Waals surface area contributed by atoms with Crippen molar-refractivity contribution in [3.63, 3.8) is 0 Å². The van der Waals surface area contributed by atoms with Gasteiger partial charge in [-0.05, 0) is 51.7 Å². The van der Waals surface area contributed by atoms with Gasteiger partial charge in [-0.3, -0.25) is 5.32 Å². The molecule has 0 heterocycles. The molecule has 0 bridgehead atoms. The van der Waals surface area contributed by atoms with Gasteiger partial charge in [-0.2, -0.15) is 0 Å². The Balaban J connectivity index is 0.00000180. The lowest BCUT2D eigenvalue weighted by Gasteiger charge is -2.29. The number of hydrogen-bond acceptors (Lipinski definition) is 3. The fourth-order valence-electron chi connectivity index (χ4n) is 2.50. The maximum atomic E-state index is 9.63. The van der Waals surface area contributed by atoms with Crippen LogP contribution in [0.4, 0.5) is 0 Å². The van der Waals surface area contributed by atoms with Crippen molar-refractivity contribution < 1.29 is 9.84 Å². The highest BCUT2D eigenvalue weighted by molar-refractivity contribution is 5.85. The highest BCUT2D eigenvalue weighted by Crippen LogP contribution is 2.19. The zero-order valence-corrected chi connectivity index (χ0v) is 12.5. The molecule has 3 nitrogen and oxygen atoms in total. The Kier molecular flexibility index (Phi) is 6.63. The van der Waals surface area contributed by atoms with E-state index in [0.717, 1.165) is 31.4 Å². The van der Waals surface area contributed by atoms with Gasteiger partial charge < -0.3 is 9.84 Å². The predicted octanol–water partition coefficient (Wildman–Crippen LogP) is 3.03. The van der Waals surface area contributed by atoms with E-state index in [1.165, 1.54) is 5.56 Å². The van der Waals surface area contributed by atoms with E-state index in [1.807, 2.05) is 31.2 Å². The molecule has 4 heteroatoms. The van der Waals surface area contributed by atoms with Crippen LogP contribution in [0, 0.1) is 6.92 Å². The molecule has 1 aliphatic rings. The minimum atomic E-state index is -0.150. The lowest BCUT2D eigenvalue weighted by atomic mass is 9.93. The van der Waals surface area contributed by atoms with Gasteiger partial charge >= 0.3 is 0 Å². The van der Waals surface area contributed by atoms with Crippen LogP contribution >= 0.6 is 12.4 Å². The minimum Gasteiger partial charge on any atom is -0.476 e. The molecular weight excluding hydrogens is 262 g/mol. The van der Waals surface area contributed by atoms with Crippen LogP contribution in [0.15, 0.2) is 24.3 Å². The summed E-state index contributed by atoms with van der Waals surface area (Å²) >= 11 is 0. The summed E-state index contributed by atoms with van der Waals surface area (Å²) < 4.78 is 5.81. The number of ether oxygens (including phenoxy) is 1. The van der Waals surface area contributed by atoms with Gasteiger partial charge in [-0.1, -0.05) is 17.7 Å². The molecule has 3 unspecified atom stereocenters. The molecule has 1 aromatic carbocycles. The van der Waals surface area contributed by atoms with Crippen molar-refractivity contribution in [3.05, 3.63) is 29.8 Å². The number of hydrogen-bond donors (Lipinski definition) is 2. The van der Waals surface area contributed by atoms with Gasteiger partial charge in [0.1, 0.15) is 12.0 Å². The van der Waals surface area contributed by atoms with Crippen LogP contribution in [0.2, 0.25) is 0 Å². The third kappa shape index (κ3) is 5.39. The second-order valence-electron chi connectivity index (χ2n) is 5.26. The van der Waals surface area contributed by atoms with Gasteiger partial charge in [0, 0.05) is 6.04 Å². The van der Waals surface area contributed by atoms with E-state index in [-0.39, 0.29) is 24.7 Å². The first-order valence-electron chi connectivity index (χ1n) is 6.81. The molecule has 1 aromatic rings. The first-order chi connectivity index (χ1) is 8.63. The first-order valence-corrected chi connectivity index (χ1v) is 6.81. The number of aliphatic hydroxyl groups excluding tert-OH is 1. The Labute approximate surface area is 121 Å². The van der Waals surface area contributed by atoms with E-state index in [1.54, 1.807) is 0 Å². The van der Waals surface area contributed by atoms with Gasteiger partial charge in [0.05, 0.1) is 6.10 Å². The van der Waals surface area contributed by atoms with Gasteiger partial charge in [0.25, 0.3) is 0 Å². The number of rotatable bonds is 4. The number of aryl methyl sites for hydroxylation is 1. The predicted molar refractivity (Wildman–Crippen MR) is 79.9 cm³/mol. The molecule has 2 rings (SSSR count). The lowest BCUT2D eigenvalue weighted by Crippen LogP contribution is -2.43. The molecule has 0 aromatic heterocycles. The fraction of sp³-hybridized carbons (Fsp3) is 0.600. The van der Waals surface area contributed by atoms with Crippen molar-refractivity contribution in [2.45, 2.75) is 57.9 Å². The summed E-state index contributed by atoms with van der Waals surface area (Å²) in [5, 5.41) is 13.1. The van der Waals surface area contributed by atoms with Crippen molar-refractivity contribution in [3.8, 4) is 5.75 Å². The second kappa shape index (κ2) is 7.73. The SMILES string of the molecule is Cc1ccc(OC(C)NC2CCCC(O)C2)cc1.Cl. The smallest absolute Gasteiger partial charge is 0.147 e. The van der Waals surface area contributed by atoms with Crippen LogP contribution < -0.4 is 10.1 Å². The van der Waals surface area contributed by atoms with Crippen molar-refractivity contribution in [1.29, 1.82) is 0 Å². The molecular formula is C15H24ClNO2. The van der Waals surface area contributed by atoms with Crippen molar-refractivity contribution in [1.82, 2.24) is 5.32 Å². The highest BCUT2D eigenvalue weighted by atomic mass is 35.5. The quantitative estimate of drug-likeness (QED) is 0.836. The fourth-order valence-corrected chi connectivity index (χ4v) is 2.50. The highest BCUT2D eigenvalue weighted by Gasteiger charge is 2.21. The Hall–Kier alpha value is -0.770. The van der Waals surface area contributed by atoms with Crippen LogP contribution in [0.5, 0.6) is 5.75 Å². The van der Waals surface area contributed by atoms with Crippen LogP contribution in [0.1, 0.15) is 38.2 Å². The minimum absolute atomic E-state index is 0. The van der Waals surface area contributed by atoms with Crippen molar-refractivity contribution >= 4 is 12.4 Å². The zero-order chi connectivity index (χ0) is 13.0. The van der Waals surface area contributed by atoms with Gasteiger partial charge in [0.2, 0.25) is 0 Å².